The van der Waals surface area contributed by atoms with Crippen molar-refractivity contribution in [1.82, 2.24) is 4.90 Å². The molecule has 1 aliphatic rings. The Balaban J connectivity index is 2.31. The predicted octanol–water partition coefficient (Wildman–Crippen LogP) is 1.69. The highest BCUT2D eigenvalue weighted by Crippen LogP contribution is 2.19. The zero-order valence-electron chi connectivity index (χ0n) is 17.0. The monoisotopic (exact) mass is 420 g/mol. The summed E-state index contributed by atoms with van der Waals surface area (Å²) >= 11 is 0. The Labute approximate surface area is 174 Å². The second kappa shape index (κ2) is 11.2. The van der Waals surface area contributed by atoms with Crippen LogP contribution in [0.5, 0.6) is 0 Å². The number of hydrogen-bond acceptors (Lipinski definition) is 6. The van der Waals surface area contributed by atoms with Crippen LogP contribution < -0.4 is 4.90 Å². The van der Waals surface area contributed by atoms with Crippen molar-refractivity contribution in [2.45, 2.75) is 19.8 Å². The van der Waals surface area contributed by atoms with Gasteiger partial charge in [0.1, 0.15) is 11.4 Å². The van der Waals surface area contributed by atoms with E-state index in [1.165, 1.54) is 43.1 Å². The highest BCUT2D eigenvalue weighted by molar-refractivity contribution is 6.48. The van der Waals surface area contributed by atoms with Crippen LogP contribution in [0.2, 0.25) is 0 Å². The van der Waals surface area contributed by atoms with Crippen molar-refractivity contribution in [2.24, 2.45) is 5.92 Å². The molecule has 1 aromatic rings. The summed E-state index contributed by atoms with van der Waals surface area (Å²) in [6.45, 7) is 2.91. The molecule has 1 saturated heterocycles. The second-order valence-corrected chi connectivity index (χ2v) is 6.79. The maximum absolute atomic E-state index is 13.2. The number of benzene rings is 1. The van der Waals surface area contributed by atoms with Gasteiger partial charge in [-0.3, -0.25) is 14.4 Å². The third-order valence-corrected chi connectivity index (χ3v) is 4.69. The van der Waals surface area contributed by atoms with Crippen LogP contribution in [-0.2, 0) is 28.7 Å². The Morgan fingerprint density at radius 3 is 2.40 bits per heavy atom. The number of hydrogen-bond donors (Lipinski definition) is 0. The SMILES string of the molecule is CCOC(=O)C(=O)/C(=C/N(C=O)CC1CCOCC1)C(=O)N(C)c1ccc(F)cc1. The van der Waals surface area contributed by atoms with Gasteiger partial charge in [-0.05, 0) is 49.9 Å². The van der Waals surface area contributed by atoms with Gasteiger partial charge >= 0.3 is 5.97 Å². The van der Waals surface area contributed by atoms with E-state index in [1.54, 1.807) is 0 Å². The van der Waals surface area contributed by atoms with Gasteiger partial charge < -0.3 is 19.3 Å². The highest BCUT2D eigenvalue weighted by Gasteiger charge is 2.30. The Morgan fingerprint density at radius 2 is 1.83 bits per heavy atom. The molecule has 8 nitrogen and oxygen atoms in total. The number of likely N-dealkylation sites (N-methyl/N-ethyl adjacent to an activating group) is 1. The first-order chi connectivity index (χ1) is 14.4. The molecule has 0 aliphatic carbocycles. The number of halogens is 1. The number of rotatable bonds is 9. The number of ether oxygens (including phenoxy) is 2. The minimum absolute atomic E-state index is 0.0423. The minimum atomic E-state index is -1.19. The van der Waals surface area contributed by atoms with Crippen LogP contribution >= 0.6 is 0 Å². The van der Waals surface area contributed by atoms with Crippen molar-refractivity contribution in [2.75, 3.05) is 38.3 Å². The molecule has 0 unspecified atom stereocenters. The molecular weight excluding hydrogens is 395 g/mol. The van der Waals surface area contributed by atoms with Crippen LogP contribution in [0.3, 0.4) is 0 Å². The number of ketones is 1. The standard InChI is InChI=1S/C21H25FN2O6/c1-3-30-21(28)19(26)18(13-24(14-25)12-15-8-10-29-11-9-15)20(27)23(2)17-6-4-16(22)5-7-17/h4-7,13-15H,3,8-12H2,1-2H3/b18-13-. The smallest absolute Gasteiger partial charge is 0.379 e. The van der Waals surface area contributed by atoms with Crippen molar-refractivity contribution in [3.63, 3.8) is 0 Å². The molecule has 2 rings (SSSR count). The number of anilines is 1. The van der Waals surface area contributed by atoms with Gasteiger partial charge in [-0.25, -0.2) is 9.18 Å². The largest absolute Gasteiger partial charge is 0.460 e. The van der Waals surface area contributed by atoms with Crippen LogP contribution in [-0.4, -0.2) is 62.4 Å². The Bertz CT molecular complexity index is 802. The Hall–Kier alpha value is -3.07. The molecule has 0 aromatic heterocycles. The van der Waals surface area contributed by atoms with Crippen molar-refractivity contribution in [3.8, 4) is 0 Å². The van der Waals surface area contributed by atoms with Gasteiger partial charge in [0.15, 0.2) is 0 Å². The Morgan fingerprint density at radius 1 is 1.20 bits per heavy atom. The summed E-state index contributed by atoms with van der Waals surface area (Å²) in [6.07, 6.45) is 3.05. The summed E-state index contributed by atoms with van der Waals surface area (Å²) in [4.78, 5) is 51.5. The average molecular weight is 420 g/mol. The molecule has 0 bridgehead atoms. The maximum Gasteiger partial charge on any atom is 0.379 e. The van der Waals surface area contributed by atoms with E-state index in [-0.39, 0.29) is 19.1 Å². The van der Waals surface area contributed by atoms with Gasteiger partial charge in [0, 0.05) is 38.7 Å². The molecule has 0 saturated carbocycles. The first-order valence-corrected chi connectivity index (χ1v) is 9.63. The van der Waals surface area contributed by atoms with E-state index < -0.39 is 29.1 Å². The summed E-state index contributed by atoms with van der Waals surface area (Å²) < 4.78 is 23.2. The van der Waals surface area contributed by atoms with E-state index in [0.29, 0.717) is 25.3 Å². The minimum Gasteiger partial charge on any atom is -0.460 e. The molecule has 9 heteroatoms. The number of amides is 2. The van der Waals surface area contributed by atoms with Gasteiger partial charge in [-0.15, -0.1) is 0 Å². The molecule has 1 aromatic carbocycles. The fraction of sp³-hybridized carbons (Fsp3) is 0.429. The second-order valence-electron chi connectivity index (χ2n) is 6.79. The van der Waals surface area contributed by atoms with Gasteiger partial charge in [-0.2, -0.15) is 0 Å². The number of carbonyl (C=O) groups is 4. The number of esters is 1. The number of Topliss-reactive ketones (excluding diaryl/α,β-unsaturated/α-hetero) is 1. The van der Waals surface area contributed by atoms with E-state index in [9.17, 15) is 23.6 Å². The van der Waals surface area contributed by atoms with Gasteiger partial charge in [-0.1, -0.05) is 0 Å². The maximum atomic E-state index is 13.2. The lowest BCUT2D eigenvalue weighted by atomic mass is 10.00. The summed E-state index contributed by atoms with van der Waals surface area (Å²) in [5.74, 6) is -3.51. The molecule has 1 fully saturated rings. The zero-order valence-corrected chi connectivity index (χ0v) is 17.0. The molecule has 0 N–H and O–H groups in total. The molecular formula is C21H25FN2O6. The average Bonchev–Trinajstić information content (AvgIpc) is 2.76. The van der Waals surface area contributed by atoms with Crippen LogP contribution in [0, 0.1) is 11.7 Å². The zero-order chi connectivity index (χ0) is 22.1. The van der Waals surface area contributed by atoms with Crippen molar-refractivity contribution < 1.29 is 33.0 Å². The summed E-state index contributed by atoms with van der Waals surface area (Å²) in [6, 6.07) is 5.05. The molecule has 0 spiro atoms. The molecule has 1 aliphatic heterocycles. The van der Waals surface area contributed by atoms with Crippen molar-refractivity contribution in [3.05, 3.63) is 41.9 Å². The molecule has 1 heterocycles. The first-order valence-electron chi connectivity index (χ1n) is 9.63. The van der Waals surface area contributed by atoms with Crippen LogP contribution in [0.4, 0.5) is 10.1 Å². The molecule has 0 atom stereocenters. The summed E-state index contributed by atoms with van der Waals surface area (Å²) in [5, 5.41) is 0. The van der Waals surface area contributed by atoms with E-state index >= 15 is 0 Å². The topological polar surface area (TPSA) is 93.2 Å². The predicted molar refractivity (Wildman–Crippen MR) is 106 cm³/mol. The normalized spacial score (nSPS) is 14.7. The molecule has 0 radical (unpaired) electrons. The lowest BCUT2D eigenvalue weighted by Gasteiger charge is -2.26. The molecule has 2 amide bonds. The van der Waals surface area contributed by atoms with Crippen LogP contribution in [0.15, 0.2) is 36.0 Å². The van der Waals surface area contributed by atoms with E-state index in [2.05, 4.69) is 0 Å². The quantitative estimate of drug-likeness (QED) is 0.151. The van der Waals surface area contributed by atoms with Crippen LogP contribution in [0.25, 0.3) is 0 Å². The van der Waals surface area contributed by atoms with E-state index in [1.807, 2.05) is 0 Å². The fourth-order valence-corrected chi connectivity index (χ4v) is 3.00. The third kappa shape index (κ3) is 6.21. The molecule has 30 heavy (non-hydrogen) atoms. The summed E-state index contributed by atoms with van der Waals surface area (Å²) in [5.41, 5.74) is -0.203. The molecule has 162 valence electrons. The summed E-state index contributed by atoms with van der Waals surface area (Å²) in [7, 11) is 1.38. The van der Waals surface area contributed by atoms with Crippen molar-refractivity contribution >= 4 is 29.8 Å². The van der Waals surface area contributed by atoms with Crippen LogP contribution in [0.1, 0.15) is 19.8 Å². The van der Waals surface area contributed by atoms with E-state index in [4.69, 9.17) is 9.47 Å². The third-order valence-electron chi connectivity index (χ3n) is 4.69. The van der Waals surface area contributed by atoms with Gasteiger partial charge in [0.25, 0.3) is 11.7 Å². The fourth-order valence-electron chi connectivity index (χ4n) is 3.00. The Kier molecular flexibility index (Phi) is 8.67. The first kappa shape index (κ1) is 23.2. The number of nitrogens with zero attached hydrogens (tertiary/aromatic N) is 2. The lowest BCUT2D eigenvalue weighted by Crippen LogP contribution is -2.36. The highest BCUT2D eigenvalue weighted by atomic mass is 19.1. The van der Waals surface area contributed by atoms with Crippen molar-refractivity contribution in [1.29, 1.82) is 0 Å². The van der Waals surface area contributed by atoms with Gasteiger partial charge in [0.2, 0.25) is 6.41 Å². The van der Waals surface area contributed by atoms with E-state index in [0.717, 1.165) is 23.9 Å². The lowest BCUT2D eigenvalue weighted by molar-refractivity contribution is -0.152. The number of carbonyl (C=O) groups excluding carboxylic acids is 4. The van der Waals surface area contributed by atoms with Gasteiger partial charge in [0.05, 0.1) is 6.61 Å².